The lowest BCUT2D eigenvalue weighted by Gasteiger charge is -2.07. The molecule has 0 fully saturated rings. The van der Waals surface area contributed by atoms with E-state index in [1.807, 2.05) is 0 Å². The van der Waals surface area contributed by atoms with E-state index in [1.165, 1.54) is 6.07 Å². The first kappa shape index (κ1) is 16.1. The van der Waals surface area contributed by atoms with E-state index >= 15 is 0 Å². The quantitative estimate of drug-likeness (QED) is 0.855. The smallest absolute Gasteiger partial charge is 0.405 e. The number of alkyl halides is 3. The summed E-state index contributed by atoms with van der Waals surface area (Å²) in [6, 6.07) is 9.18. The Hall–Kier alpha value is -2.31. The molecular weight excluding hydrogens is 302 g/mol. The molecule has 0 unspecified atom stereocenters. The van der Waals surface area contributed by atoms with Crippen LogP contribution in [0.15, 0.2) is 40.8 Å². The van der Waals surface area contributed by atoms with E-state index in [0.717, 1.165) is 0 Å². The molecular formula is C15H13F4NO2. The van der Waals surface area contributed by atoms with Gasteiger partial charge in [0.1, 0.15) is 23.9 Å². The number of carbonyl (C=O) groups is 1. The van der Waals surface area contributed by atoms with Crippen LogP contribution in [0, 0.1) is 5.82 Å². The van der Waals surface area contributed by atoms with Crippen molar-refractivity contribution < 1.29 is 26.8 Å². The van der Waals surface area contributed by atoms with Crippen LogP contribution in [0.1, 0.15) is 12.2 Å². The second kappa shape index (κ2) is 6.64. The van der Waals surface area contributed by atoms with Gasteiger partial charge in [0.15, 0.2) is 0 Å². The standard InChI is InChI=1S/C15H13F4NO2/c16-12-4-2-1-3-11(12)13-7-5-10(22-13)6-8-14(21)20-9-15(17,18)19/h1-5,7H,6,8-9H2,(H,20,21). The van der Waals surface area contributed by atoms with E-state index in [4.69, 9.17) is 4.42 Å². The van der Waals surface area contributed by atoms with Crippen LogP contribution < -0.4 is 5.32 Å². The fourth-order valence-corrected chi connectivity index (χ4v) is 1.84. The van der Waals surface area contributed by atoms with Gasteiger partial charge < -0.3 is 9.73 Å². The molecule has 1 N–H and O–H groups in total. The maximum absolute atomic E-state index is 13.6. The van der Waals surface area contributed by atoms with E-state index in [-0.39, 0.29) is 18.4 Å². The number of hydrogen-bond acceptors (Lipinski definition) is 2. The third-order valence-electron chi connectivity index (χ3n) is 2.89. The number of aryl methyl sites for hydroxylation is 1. The van der Waals surface area contributed by atoms with Crippen molar-refractivity contribution in [3.63, 3.8) is 0 Å². The van der Waals surface area contributed by atoms with Gasteiger partial charge in [0.2, 0.25) is 5.91 Å². The monoisotopic (exact) mass is 315 g/mol. The second-order valence-electron chi connectivity index (χ2n) is 4.64. The minimum atomic E-state index is -4.43. The molecule has 3 nitrogen and oxygen atoms in total. The van der Waals surface area contributed by atoms with E-state index in [2.05, 4.69) is 0 Å². The predicted octanol–water partition coefficient (Wildman–Crippen LogP) is 3.70. The maximum atomic E-state index is 13.6. The highest BCUT2D eigenvalue weighted by Gasteiger charge is 2.27. The zero-order valence-corrected chi connectivity index (χ0v) is 11.4. The molecule has 1 aromatic heterocycles. The summed E-state index contributed by atoms with van der Waals surface area (Å²) in [5.74, 6) is -0.448. The summed E-state index contributed by atoms with van der Waals surface area (Å²) in [5.41, 5.74) is 0.287. The van der Waals surface area contributed by atoms with Gasteiger partial charge in [0, 0.05) is 12.8 Å². The highest BCUT2D eigenvalue weighted by atomic mass is 19.4. The third-order valence-corrected chi connectivity index (χ3v) is 2.89. The largest absolute Gasteiger partial charge is 0.461 e. The van der Waals surface area contributed by atoms with Crippen molar-refractivity contribution in [1.29, 1.82) is 0 Å². The van der Waals surface area contributed by atoms with Crippen molar-refractivity contribution in [3.8, 4) is 11.3 Å². The Labute approximate surface area is 123 Å². The number of halogens is 4. The molecule has 7 heteroatoms. The molecule has 2 aromatic rings. The number of rotatable bonds is 5. The molecule has 22 heavy (non-hydrogen) atoms. The summed E-state index contributed by atoms with van der Waals surface area (Å²) in [6.45, 7) is -1.36. The maximum Gasteiger partial charge on any atom is 0.405 e. The Balaban J connectivity index is 1.90. The summed E-state index contributed by atoms with van der Waals surface area (Å²) < 4.78 is 54.8. The molecule has 0 bridgehead atoms. The first-order valence-corrected chi connectivity index (χ1v) is 6.52. The summed E-state index contributed by atoms with van der Waals surface area (Å²) in [7, 11) is 0. The van der Waals surface area contributed by atoms with E-state index in [1.54, 1.807) is 35.6 Å². The topological polar surface area (TPSA) is 42.2 Å². The van der Waals surface area contributed by atoms with Crippen molar-refractivity contribution in [1.82, 2.24) is 5.32 Å². The first-order valence-electron chi connectivity index (χ1n) is 6.52. The Morgan fingerprint density at radius 1 is 1.14 bits per heavy atom. The summed E-state index contributed by atoms with van der Waals surface area (Å²) in [4.78, 5) is 11.3. The SMILES string of the molecule is O=C(CCc1ccc(-c2ccccc2F)o1)NCC(F)(F)F. The van der Waals surface area contributed by atoms with Crippen LogP contribution in [0.3, 0.4) is 0 Å². The minimum Gasteiger partial charge on any atom is -0.461 e. The minimum absolute atomic E-state index is 0.137. The lowest BCUT2D eigenvalue weighted by molar-refractivity contribution is -0.138. The zero-order valence-electron chi connectivity index (χ0n) is 11.4. The molecule has 118 valence electrons. The molecule has 1 amide bonds. The number of benzene rings is 1. The number of furan rings is 1. The fourth-order valence-electron chi connectivity index (χ4n) is 1.84. The lowest BCUT2D eigenvalue weighted by Crippen LogP contribution is -2.33. The van der Waals surface area contributed by atoms with Crippen molar-refractivity contribution in [3.05, 3.63) is 48.0 Å². The van der Waals surface area contributed by atoms with Crippen LogP contribution in [0.5, 0.6) is 0 Å². The van der Waals surface area contributed by atoms with E-state index in [9.17, 15) is 22.4 Å². The fraction of sp³-hybridized carbons (Fsp3) is 0.267. The van der Waals surface area contributed by atoms with Crippen molar-refractivity contribution >= 4 is 5.91 Å². The lowest BCUT2D eigenvalue weighted by atomic mass is 10.1. The molecule has 0 aliphatic heterocycles. The molecule has 0 aliphatic rings. The van der Waals surface area contributed by atoms with Gasteiger partial charge in [0.05, 0.1) is 5.56 Å². The number of hydrogen-bond donors (Lipinski definition) is 1. The van der Waals surface area contributed by atoms with Gasteiger partial charge in [-0.05, 0) is 24.3 Å². The van der Waals surface area contributed by atoms with Gasteiger partial charge in [-0.1, -0.05) is 12.1 Å². The average molecular weight is 315 g/mol. The molecule has 0 saturated carbocycles. The molecule has 2 rings (SSSR count). The van der Waals surface area contributed by atoms with Crippen LogP contribution in [0.4, 0.5) is 17.6 Å². The van der Waals surface area contributed by atoms with Crippen molar-refractivity contribution in [2.24, 2.45) is 0 Å². The molecule has 1 aromatic carbocycles. The van der Waals surface area contributed by atoms with Crippen molar-refractivity contribution in [2.75, 3.05) is 6.54 Å². The van der Waals surface area contributed by atoms with Crippen LogP contribution >= 0.6 is 0 Å². The number of amides is 1. The Bertz CT molecular complexity index is 649. The van der Waals surface area contributed by atoms with Gasteiger partial charge in [-0.2, -0.15) is 13.2 Å². The highest BCUT2D eigenvalue weighted by Crippen LogP contribution is 2.25. The normalized spacial score (nSPS) is 11.5. The first-order chi connectivity index (χ1) is 10.3. The van der Waals surface area contributed by atoms with E-state index < -0.39 is 24.4 Å². The van der Waals surface area contributed by atoms with Gasteiger partial charge in [0.25, 0.3) is 0 Å². The predicted molar refractivity (Wildman–Crippen MR) is 71.5 cm³/mol. The van der Waals surface area contributed by atoms with Gasteiger partial charge in [-0.3, -0.25) is 4.79 Å². The summed E-state index contributed by atoms with van der Waals surface area (Å²) in [5, 5.41) is 1.77. The van der Waals surface area contributed by atoms with Crippen LogP contribution in [0.2, 0.25) is 0 Å². The zero-order chi connectivity index (χ0) is 16.2. The van der Waals surface area contributed by atoms with Crippen molar-refractivity contribution in [2.45, 2.75) is 19.0 Å². The molecule has 0 atom stereocenters. The number of carbonyl (C=O) groups excluding carboxylic acids is 1. The highest BCUT2D eigenvalue weighted by molar-refractivity contribution is 5.76. The Morgan fingerprint density at radius 2 is 1.86 bits per heavy atom. The van der Waals surface area contributed by atoms with Crippen LogP contribution in [-0.2, 0) is 11.2 Å². The summed E-state index contributed by atoms with van der Waals surface area (Å²) in [6.07, 6.45) is -4.43. The Kier molecular flexibility index (Phi) is 4.85. The van der Waals surface area contributed by atoms with Gasteiger partial charge in [-0.15, -0.1) is 0 Å². The Morgan fingerprint density at radius 3 is 2.55 bits per heavy atom. The molecule has 0 saturated heterocycles. The second-order valence-corrected chi connectivity index (χ2v) is 4.64. The van der Waals surface area contributed by atoms with E-state index in [0.29, 0.717) is 11.5 Å². The molecule has 1 heterocycles. The molecule has 0 spiro atoms. The third kappa shape index (κ3) is 4.61. The van der Waals surface area contributed by atoms with Crippen LogP contribution in [-0.4, -0.2) is 18.6 Å². The van der Waals surface area contributed by atoms with Gasteiger partial charge in [-0.25, -0.2) is 4.39 Å². The molecule has 0 aliphatic carbocycles. The van der Waals surface area contributed by atoms with Gasteiger partial charge >= 0.3 is 6.18 Å². The summed E-state index contributed by atoms with van der Waals surface area (Å²) >= 11 is 0. The number of nitrogens with one attached hydrogen (secondary N) is 1. The molecule has 0 radical (unpaired) electrons. The average Bonchev–Trinajstić information content (AvgIpc) is 2.91. The van der Waals surface area contributed by atoms with Crippen LogP contribution in [0.25, 0.3) is 11.3 Å².